The summed E-state index contributed by atoms with van der Waals surface area (Å²) in [6, 6.07) is 1.64. The lowest BCUT2D eigenvalue weighted by atomic mass is 9.85. The van der Waals surface area contributed by atoms with Gasteiger partial charge in [0.25, 0.3) is 0 Å². The van der Waals surface area contributed by atoms with Crippen molar-refractivity contribution in [1.29, 1.82) is 0 Å². The van der Waals surface area contributed by atoms with Crippen molar-refractivity contribution >= 4 is 0 Å². The van der Waals surface area contributed by atoms with Crippen molar-refractivity contribution in [1.82, 2.24) is 10.2 Å². The van der Waals surface area contributed by atoms with Crippen molar-refractivity contribution in [2.75, 3.05) is 19.6 Å². The molecule has 1 N–H and O–H groups in total. The molecule has 2 fully saturated rings. The van der Waals surface area contributed by atoms with Crippen molar-refractivity contribution in [2.45, 2.75) is 71.9 Å². The predicted octanol–water partition coefficient (Wildman–Crippen LogP) is 3.28. The normalized spacial score (nSPS) is 31.3. The predicted molar refractivity (Wildman–Crippen MR) is 78.9 cm³/mol. The molecule has 2 aliphatic rings. The SMILES string of the molecule is CCC1CC(NCC(C)(C)C)CN(C2CCC2)C1. The van der Waals surface area contributed by atoms with Gasteiger partial charge in [0.2, 0.25) is 0 Å². The van der Waals surface area contributed by atoms with E-state index >= 15 is 0 Å². The van der Waals surface area contributed by atoms with Gasteiger partial charge >= 0.3 is 0 Å². The van der Waals surface area contributed by atoms with Gasteiger partial charge in [0.1, 0.15) is 0 Å². The Kier molecular flexibility index (Phi) is 4.71. The molecule has 2 heteroatoms. The average Bonchev–Trinajstić information content (AvgIpc) is 2.23. The fourth-order valence-corrected chi connectivity index (χ4v) is 3.18. The average molecular weight is 252 g/mol. The molecular weight excluding hydrogens is 220 g/mol. The molecule has 0 radical (unpaired) electrons. The van der Waals surface area contributed by atoms with Gasteiger partial charge in [-0.15, -0.1) is 0 Å². The molecule has 106 valence electrons. The first-order chi connectivity index (χ1) is 8.48. The van der Waals surface area contributed by atoms with E-state index in [1.165, 1.54) is 45.2 Å². The first kappa shape index (κ1) is 14.3. The summed E-state index contributed by atoms with van der Waals surface area (Å²) in [7, 11) is 0. The second-order valence-corrected chi connectivity index (χ2v) is 7.69. The van der Waals surface area contributed by atoms with Gasteiger partial charge in [-0.1, -0.05) is 40.5 Å². The first-order valence-corrected chi connectivity index (χ1v) is 7.95. The molecule has 0 spiro atoms. The molecule has 0 aromatic heterocycles. The van der Waals surface area contributed by atoms with Crippen LogP contribution in [0.25, 0.3) is 0 Å². The van der Waals surface area contributed by atoms with Gasteiger partial charge in [-0.3, -0.25) is 4.90 Å². The highest BCUT2D eigenvalue weighted by atomic mass is 15.2. The summed E-state index contributed by atoms with van der Waals surface area (Å²) in [6.45, 7) is 13.1. The number of hydrogen-bond acceptors (Lipinski definition) is 2. The fraction of sp³-hybridized carbons (Fsp3) is 1.00. The molecular formula is C16H32N2. The van der Waals surface area contributed by atoms with Gasteiger partial charge < -0.3 is 5.32 Å². The van der Waals surface area contributed by atoms with Gasteiger partial charge in [-0.05, 0) is 30.6 Å². The van der Waals surface area contributed by atoms with Crippen molar-refractivity contribution in [3.8, 4) is 0 Å². The van der Waals surface area contributed by atoms with E-state index in [9.17, 15) is 0 Å². The maximum Gasteiger partial charge on any atom is 0.0198 e. The van der Waals surface area contributed by atoms with E-state index in [4.69, 9.17) is 0 Å². The molecule has 2 atom stereocenters. The van der Waals surface area contributed by atoms with Crippen LogP contribution in [-0.4, -0.2) is 36.6 Å². The van der Waals surface area contributed by atoms with Gasteiger partial charge in [-0.2, -0.15) is 0 Å². The molecule has 1 heterocycles. The maximum absolute atomic E-state index is 3.82. The van der Waals surface area contributed by atoms with Crippen molar-refractivity contribution in [3.63, 3.8) is 0 Å². The molecule has 1 aliphatic heterocycles. The zero-order valence-electron chi connectivity index (χ0n) is 12.8. The van der Waals surface area contributed by atoms with Crippen LogP contribution in [0.15, 0.2) is 0 Å². The molecule has 1 saturated heterocycles. The summed E-state index contributed by atoms with van der Waals surface area (Å²) in [6.07, 6.45) is 7.08. The Bertz CT molecular complexity index is 252. The number of likely N-dealkylation sites (tertiary alicyclic amines) is 1. The lowest BCUT2D eigenvalue weighted by Gasteiger charge is -2.45. The van der Waals surface area contributed by atoms with Crippen LogP contribution in [0.5, 0.6) is 0 Å². The summed E-state index contributed by atoms with van der Waals surface area (Å²) in [4.78, 5) is 2.78. The second kappa shape index (κ2) is 5.92. The number of nitrogens with zero attached hydrogens (tertiary/aromatic N) is 1. The van der Waals surface area contributed by atoms with E-state index in [1.807, 2.05) is 0 Å². The van der Waals surface area contributed by atoms with E-state index in [-0.39, 0.29) is 0 Å². The van der Waals surface area contributed by atoms with Crippen LogP contribution >= 0.6 is 0 Å². The largest absolute Gasteiger partial charge is 0.312 e. The first-order valence-electron chi connectivity index (χ1n) is 7.95. The Morgan fingerprint density at radius 3 is 2.39 bits per heavy atom. The van der Waals surface area contributed by atoms with Gasteiger partial charge in [-0.25, -0.2) is 0 Å². The summed E-state index contributed by atoms with van der Waals surface area (Å²) >= 11 is 0. The Balaban J connectivity index is 1.85. The Hall–Kier alpha value is -0.0800. The minimum atomic E-state index is 0.403. The molecule has 2 unspecified atom stereocenters. The van der Waals surface area contributed by atoms with E-state index < -0.39 is 0 Å². The highest BCUT2D eigenvalue weighted by Crippen LogP contribution is 2.30. The molecule has 18 heavy (non-hydrogen) atoms. The Labute approximate surface area is 114 Å². The smallest absolute Gasteiger partial charge is 0.0198 e. The van der Waals surface area contributed by atoms with E-state index in [1.54, 1.807) is 0 Å². The van der Waals surface area contributed by atoms with E-state index in [0.717, 1.165) is 24.5 Å². The van der Waals surface area contributed by atoms with Gasteiger partial charge in [0.15, 0.2) is 0 Å². The fourth-order valence-electron chi connectivity index (χ4n) is 3.18. The zero-order valence-corrected chi connectivity index (χ0v) is 12.8. The summed E-state index contributed by atoms with van der Waals surface area (Å²) in [5, 5.41) is 3.82. The summed E-state index contributed by atoms with van der Waals surface area (Å²) < 4.78 is 0. The molecule has 1 aliphatic carbocycles. The highest BCUT2D eigenvalue weighted by Gasteiger charge is 2.33. The van der Waals surface area contributed by atoms with Crippen LogP contribution in [0.1, 0.15) is 59.8 Å². The van der Waals surface area contributed by atoms with Gasteiger partial charge in [0.05, 0.1) is 0 Å². The molecule has 0 aromatic rings. The van der Waals surface area contributed by atoms with Crippen molar-refractivity contribution < 1.29 is 0 Å². The molecule has 2 nitrogen and oxygen atoms in total. The molecule has 1 saturated carbocycles. The molecule has 0 bridgehead atoms. The minimum Gasteiger partial charge on any atom is -0.312 e. The standard InChI is InChI=1S/C16H32N2/c1-5-13-9-14(17-12-16(2,3)4)11-18(10-13)15-7-6-8-15/h13-15,17H,5-12H2,1-4H3. The monoisotopic (exact) mass is 252 g/mol. The number of hydrogen-bond donors (Lipinski definition) is 1. The van der Waals surface area contributed by atoms with Crippen molar-refractivity contribution in [3.05, 3.63) is 0 Å². The topological polar surface area (TPSA) is 15.3 Å². The van der Waals surface area contributed by atoms with Crippen LogP contribution in [-0.2, 0) is 0 Å². The van der Waals surface area contributed by atoms with Crippen LogP contribution in [0.2, 0.25) is 0 Å². The third-order valence-corrected chi connectivity index (χ3v) is 4.65. The summed E-state index contributed by atoms with van der Waals surface area (Å²) in [5.41, 5.74) is 0.403. The van der Waals surface area contributed by atoms with E-state index in [0.29, 0.717) is 5.41 Å². The highest BCUT2D eigenvalue weighted by molar-refractivity contribution is 4.90. The van der Waals surface area contributed by atoms with Crippen LogP contribution in [0.4, 0.5) is 0 Å². The van der Waals surface area contributed by atoms with Crippen LogP contribution < -0.4 is 5.32 Å². The quantitative estimate of drug-likeness (QED) is 0.826. The maximum atomic E-state index is 3.82. The summed E-state index contributed by atoms with van der Waals surface area (Å²) in [5.74, 6) is 0.914. The molecule has 2 rings (SSSR count). The Morgan fingerprint density at radius 1 is 1.17 bits per heavy atom. The van der Waals surface area contributed by atoms with E-state index in [2.05, 4.69) is 37.9 Å². The van der Waals surface area contributed by atoms with Crippen molar-refractivity contribution in [2.24, 2.45) is 11.3 Å². The third-order valence-electron chi connectivity index (χ3n) is 4.65. The minimum absolute atomic E-state index is 0.403. The lowest BCUT2D eigenvalue weighted by Crippen LogP contribution is -2.55. The lowest BCUT2D eigenvalue weighted by molar-refractivity contribution is 0.0555. The Morgan fingerprint density at radius 2 is 1.89 bits per heavy atom. The van der Waals surface area contributed by atoms with Crippen LogP contribution in [0, 0.1) is 11.3 Å². The second-order valence-electron chi connectivity index (χ2n) is 7.69. The number of nitrogens with one attached hydrogen (secondary N) is 1. The third kappa shape index (κ3) is 3.96. The number of piperidine rings is 1. The van der Waals surface area contributed by atoms with Gasteiger partial charge in [0, 0.05) is 31.7 Å². The molecule has 0 aromatic carbocycles. The van der Waals surface area contributed by atoms with Crippen LogP contribution in [0.3, 0.4) is 0 Å². The number of rotatable bonds is 4. The molecule has 0 amide bonds. The zero-order chi connectivity index (χ0) is 13.2.